The fourth-order valence-electron chi connectivity index (χ4n) is 4.00. The van der Waals surface area contributed by atoms with E-state index < -0.39 is 0 Å². The van der Waals surface area contributed by atoms with Gasteiger partial charge in [-0.25, -0.2) is 9.78 Å². The number of carbonyl (C=O) groups is 2. The highest BCUT2D eigenvalue weighted by Gasteiger charge is 2.25. The van der Waals surface area contributed by atoms with Gasteiger partial charge in [0, 0.05) is 32.7 Å². The van der Waals surface area contributed by atoms with Gasteiger partial charge in [-0.05, 0) is 43.2 Å². The maximum absolute atomic E-state index is 12.8. The van der Waals surface area contributed by atoms with E-state index in [2.05, 4.69) is 20.1 Å². The van der Waals surface area contributed by atoms with Crippen LogP contribution in [0.5, 0.6) is 0 Å². The molecule has 0 aliphatic carbocycles. The predicted octanol–water partition coefficient (Wildman–Crippen LogP) is 2.57. The summed E-state index contributed by atoms with van der Waals surface area (Å²) in [6, 6.07) is 14.9. The van der Waals surface area contributed by atoms with Gasteiger partial charge >= 0.3 is 5.97 Å². The molecule has 1 atom stereocenters. The number of aromatic amines is 1. The largest absolute Gasteiger partial charge is 0.465 e. The van der Waals surface area contributed by atoms with E-state index in [1.807, 2.05) is 43.3 Å². The van der Waals surface area contributed by atoms with Gasteiger partial charge in [0.05, 0.1) is 29.7 Å². The van der Waals surface area contributed by atoms with Crippen molar-refractivity contribution in [1.29, 1.82) is 0 Å². The number of imidazole rings is 1. The minimum Gasteiger partial charge on any atom is -0.465 e. The van der Waals surface area contributed by atoms with E-state index in [0.29, 0.717) is 12.1 Å². The van der Waals surface area contributed by atoms with Gasteiger partial charge in [-0.15, -0.1) is 0 Å². The quantitative estimate of drug-likeness (QED) is 0.579. The molecule has 168 valence electrons. The SMILES string of the molecule is COC(=O)c1ccc(CNC(=O)C(C)N2CCCN(c3nc4ccccc4[nH]3)CC2)cc1. The Bertz CT molecular complexity index is 1050. The smallest absolute Gasteiger partial charge is 0.337 e. The number of fused-ring (bicyclic) bond motifs is 1. The van der Waals surface area contributed by atoms with Crippen molar-refractivity contribution in [2.75, 3.05) is 38.2 Å². The van der Waals surface area contributed by atoms with Crippen LogP contribution in [0, 0.1) is 0 Å². The number of hydrogen-bond donors (Lipinski definition) is 2. The first-order chi connectivity index (χ1) is 15.5. The molecule has 1 fully saturated rings. The molecule has 0 spiro atoms. The van der Waals surface area contributed by atoms with Crippen molar-refractivity contribution in [1.82, 2.24) is 20.2 Å². The molecule has 2 heterocycles. The van der Waals surface area contributed by atoms with Crippen LogP contribution in [0.15, 0.2) is 48.5 Å². The third-order valence-corrected chi connectivity index (χ3v) is 5.98. The van der Waals surface area contributed by atoms with Gasteiger partial charge in [0.25, 0.3) is 0 Å². The van der Waals surface area contributed by atoms with Crippen molar-refractivity contribution >= 4 is 28.9 Å². The van der Waals surface area contributed by atoms with E-state index in [1.54, 1.807) is 12.1 Å². The van der Waals surface area contributed by atoms with Crippen LogP contribution in [0.2, 0.25) is 0 Å². The van der Waals surface area contributed by atoms with Gasteiger partial charge in [-0.2, -0.15) is 0 Å². The Hall–Kier alpha value is -3.39. The Morgan fingerprint density at radius 3 is 2.62 bits per heavy atom. The number of aromatic nitrogens is 2. The fourth-order valence-corrected chi connectivity index (χ4v) is 4.00. The number of methoxy groups -OCH3 is 1. The Kier molecular flexibility index (Phi) is 6.70. The maximum atomic E-state index is 12.8. The number of H-pyrrole nitrogens is 1. The van der Waals surface area contributed by atoms with Crippen molar-refractivity contribution in [3.05, 3.63) is 59.7 Å². The number of ether oxygens (including phenoxy) is 1. The molecule has 3 aromatic rings. The van der Waals surface area contributed by atoms with Crippen LogP contribution in [0.1, 0.15) is 29.3 Å². The van der Waals surface area contributed by atoms with Crippen LogP contribution in [0.25, 0.3) is 11.0 Å². The molecule has 2 aromatic carbocycles. The minimum atomic E-state index is -0.368. The molecule has 1 aromatic heterocycles. The Balaban J connectivity index is 1.30. The van der Waals surface area contributed by atoms with Gasteiger partial charge in [0.1, 0.15) is 0 Å². The van der Waals surface area contributed by atoms with Crippen LogP contribution < -0.4 is 10.2 Å². The average Bonchev–Trinajstić information content (AvgIpc) is 3.11. The van der Waals surface area contributed by atoms with Crippen LogP contribution in [-0.2, 0) is 16.1 Å². The molecular weight excluding hydrogens is 406 g/mol. The number of benzene rings is 2. The number of nitrogens with zero attached hydrogens (tertiary/aromatic N) is 3. The van der Waals surface area contributed by atoms with Crippen molar-refractivity contribution in [2.45, 2.75) is 25.9 Å². The molecule has 0 radical (unpaired) electrons. The lowest BCUT2D eigenvalue weighted by molar-refractivity contribution is -0.126. The van der Waals surface area contributed by atoms with E-state index in [1.165, 1.54) is 7.11 Å². The van der Waals surface area contributed by atoms with Gasteiger partial charge in [0.2, 0.25) is 11.9 Å². The van der Waals surface area contributed by atoms with Gasteiger partial charge in [0.15, 0.2) is 0 Å². The van der Waals surface area contributed by atoms with Crippen molar-refractivity contribution in [2.24, 2.45) is 0 Å². The van der Waals surface area contributed by atoms with Gasteiger partial charge < -0.3 is 19.9 Å². The normalized spacial score (nSPS) is 15.9. The van der Waals surface area contributed by atoms with Crippen LogP contribution in [0.3, 0.4) is 0 Å². The van der Waals surface area contributed by atoms with E-state index >= 15 is 0 Å². The molecule has 1 amide bonds. The number of para-hydroxylation sites is 2. The summed E-state index contributed by atoms with van der Waals surface area (Å²) in [6.07, 6.45) is 0.962. The first-order valence-electron chi connectivity index (χ1n) is 10.9. The molecule has 8 nitrogen and oxygen atoms in total. The number of hydrogen-bond acceptors (Lipinski definition) is 6. The Morgan fingerprint density at radius 2 is 1.88 bits per heavy atom. The second kappa shape index (κ2) is 9.82. The van der Waals surface area contributed by atoms with E-state index in [4.69, 9.17) is 9.72 Å². The topological polar surface area (TPSA) is 90.6 Å². The highest BCUT2D eigenvalue weighted by molar-refractivity contribution is 5.89. The van der Waals surface area contributed by atoms with Gasteiger partial charge in [-0.3, -0.25) is 9.69 Å². The zero-order valence-electron chi connectivity index (χ0n) is 18.5. The molecule has 1 saturated heterocycles. The van der Waals surface area contributed by atoms with Crippen LogP contribution in [0.4, 0.5) is 5.95 Å². The van der Waals surface area contributed by atoms with Crippen molar-refractivity contribution in [3.63, 3.8) is 0 Å². The van der Waals surface area contributed by atoms with Crippen LogP contribution >= 0.6 is 0 Å². The summed E-state index contributed by atoms with van der Waals surface area (Å²) in [7, 11) is 1.36. The third kappa shape index (κ3) is 4.91. The second-order valence-electron chi connectivity index (χ2n) is 8.04. The molecular formula is C24H29N5O3. The van der Waals surface area contributed by atoms with E-state index in [0.717, 1.165) is 55.1 Å². The summed E-state index contributed by atoms with van der Waals surface area (Å²) in [5.41, 5.74) is 3.44. The molecule has 2 N–H and O–H groups in total. The lowest BCUT2D eigenvalue weighted by Crippen LogP contribution is -2.46. The Morgan fingerprint density at radius 1 is 1.09 bits per heavy atom. The average molecular weight is 436 g/mol. The van der Waals surface area contributed by atoms with Gasteiger partial charge in [-0.1, -0.05) is 24.3 Å². The fraction of sp³-hybridized carbons (Fsp3) is 0.375. The minimum absolute atomic E-state index is 0.000712. The number of nitrogens with one attached hydrogen (secondary N) is 2. The molecule has 1 aliphatic rings. The number of carbonyl (C=O) groups excluding carboxylic acids is 2. The number of amides is 1. The lowest BCUT2D eigenvalue weighted by atomic mass is 10.1. The summed E-state index contributed by atoms with van der Waals surface area (Å²) in [6.45, 7) is 5.73. The number of anilines is 1. The highest BCUT2D eigenvalue weighted by Crippen LogP contribution is 2.19. The van der Waals surface area contributed by atoms with Crippen molar-refractivity contribution < 1.29 is 14.3 Å². The first-order valence-corrected chi connectivity index (χ1v) is 10.9. The molecule has 0 bridgehead atoms. The summed E-state index contributed by atoms with van der Waals surface area (Å²) in [5, 5.41) is 3.01. The number of esters is 1. The number of rotatable bonds is 6. The molecule has 1 unspecified atom stereocenters. The summed E-state index contributed by atoms with van der Waals surface area (Å²) in [5.74, 6) is 0.520. The third-order valence-electron chi connectivity index (χ3n) is 5.98. The van der Waals surface area contributed by atoms with E-state index in [9.17, 15) is 9.59 Å². The zero-order chi connectivity index (χ0) is 22.5. The lowest BCUT2D eigenvalue weighted by Gasteiger charge is -2.27. The molecule has 0 saturated carbocycles. The van der Waals surface area contributed by atoms with E-state index in [-0.39, 0.29) is 17.9 Å². The standard InChI is InChI=1S/C24H29N5O3/c1-17(22(30)25-16-18-8-10-19(11-9-18)23(31)32-2)28-12-5-13-29(15-14-28)24-26-20-6-3-4-7-21(20)27-24/h3-4,6-11,17H,5,12-16H2,1-2H3,(H,25,30)(H,26,27). The first kappa shape index (κ1) is 21.8. The highest BCUT2D eigenvalue weighted by atomic mass is 16.5. The zero-order valence-corrected chi connectivity index (χ0v) is 18.5. The summed E-state index contributed by atoms with van der Waals surface area (Å²) < 4.78 is 4.71. The molecule has 8 heteroatoms. The predicted molar refractivity (Wildman–Crippen MR) is 124 cm³/mol. The van der Waals surface area contributed by atoms with Crippen molar-refractivity contribution in [3.8, 4) is 0 Å². The molecule has 32 heavy (non-hydrogen) atoms. The monoisotopic (exact) mass is 435 g/mol. The summed E-state index contributed by atoms with van der Waals surface area (Å²) in [4.78, 5) is 36.9. The molecule has 1 aliphatic heterocycles. The summed E-state index contributed by atoms with van der Waals surface area (Å²) >= 11 is 0. The molecule has 4 rings (SSSR count). The Labute approximate surface area is 187 Å². The maximum Gasteiger partial charge on any atom is 0.337 e. The second-order valence-corrected chi connectivity index (χ2v) is 8.04. The van der Waals surface area contributed by atoms with Crippen LogP contribution in [-0.4, -0.2) is 66.1 Å².